The molecule has 0 aliphatic heterocycles. The van der Waals surface area contributed by atoms with Gasteiger partial charge in [-0.15, -0.1) is 0 Å². The minimum Gasteiger partial charge on any atom is -0.379 e. The van der Waals surface area contributed by atoms with Crippen LogP contribution in [0.25, 0.3) is 27.9 Å². The number of carbonyl (C=O) groups excluding carboxylic acids is 2. The van der Waals surface area contributed by atoms with Crippen molar-refractivity contribution in [2.45, 2.75) is 38.1 Å². The average molecular weight is 567 g/mol. The van der Waals surface area contributed by atoms with Crippen LogP contribution < -0.4 is 10.2 Å². The molecule has 5 aromatic rings. The molecule has 1 N–H and O–H groups in total. The Kier molecular flexibility index (Phi) is 7.34. The van der Waals surface area contributed by atoms with Crippen LogP contribution in [-0.2, 0) is 22.6 Å². The largest absolute Gasteiger partial charge is 0.379 e. The Bertz CT molecular complexity index is 1760. The Morgan fingerprint density at radius 1 is 1.07 bits per heavy atom. The van der Waals surface area contributed by atoms with E-state index in [2.05, 4.69) is 32.4 Å². The highest BCUT2D eigenvalue weighted by molar-refractivity contribution is 6.01. The summed E-state index contributed by atoms with van der Waals surface area (Å²) in [6, 6.07) is 15.9. The van der Waals surface area contributed by atoms with Gasteiger partial charge in [-0.25, -0.2) is 9.97 Å². The lowest BCUT2D eigenvalue weighted by molar-refractivity contribution is -0.129. The number of hydrogen-bond acceptors (Lipinski definition) is 7. The molecule has 42 heavy (non-hydrogen) atoms. The van der Waals surface area contributed by atoms with Gasteiger partial charge < -0.3 is 24.4 Å². The van der Waals surface area contributed by atoms with Gasteiger partial charge in [-0.1, -0.05) is 30.3 Å². The number of benzene rings is 1. The van der Waals surface area contributed by atoms with Gasteiger partial charge >= 0.3 is 0 Å². The summed E-state index contributed by atoms with van der Waals surface area (Å²) in [5.74, 6) is 0.486. The van der Waals surface area contributed by atoms with E-state index in [9.17, 15) is 9.59 Å². The zero-order chi connectivity index (χ0) is 29.4. The number of aromatic nitrogens is 5. The van der Waals surface area contributed by atoms with Gasteiger partial charge in [-0.05, 0) is 30.5 Å². The fraction of sp³-hybridized carbons (Fsp3) is 0.323. The van der Waals surface area contributed by atoms with Gasteiger partial charge in [0, 0.05) is 64.2 Å². The number of likely N-dealkylation sites (N-methyl/N-ethyl adjacent to an activating group) is 1. The van der Waals surface area contributed by atoms with E-state index < -0.39 is 0 Å². The van der Waals surface area contributed by atoms with Crippen LogP contribution in [-0.4, -0.2) is 81.3 Å². The van der Waals surface area contributed by atoms with Gasteiger partial charge in [0.25, 0.3) is 5.91 Å². The molecule has 1 fully saturated rings. The van der Waals surface area contributed by atoms with Crippen LogP contribution in [0.2, 0.25) is 0 Å². The number of hydrogen-bond donors (Lipinski definition) is 1. The van der Waals surface area contributed by atoms with E-state index in [1.165, 1.54) is 0 Å². The highest BCUT2D eigenvalue weighted by Gasteiger charge is 2.33. The summed E-state index contributed by atoms with van der Waals surface area (Å²) in [6.45, 7) is 0.769. The third-order valence-electron chi connectivity index (χ3n) is 7.90. The lowest BCUT2D eigenvalue weighted by Crippen LogP contribution is -2.51. The molecular weight excluding hydrogens is 532 g/mol. The second kappa shape index (κ2) is 11.2. The molecule has 2 amide bonds. The maximum absolute atomic E-state index is 13.5. The van der Waals surface area contributed by atoms with E-state index in [1.807, 2.05) is 54.2 Å². The van der Waals surface area contributed by atoms with Crippen LogP contribution in [0.3, 0.4) is 0 Å². The van der Waals surface area contributed by atoms with Gasteiger partial charge in [-0.2, -0.15) is 9.61 Å². The Morgan fingerprint density at radius 2 is 1.88 bits per heavy atom. The molecule has 1 aromatic carbocycles. The van der Waals surface area contributed by atoms with Crippen molar-refractivity contribution in [2.75, 3.05) is 33.2 Å². The van der Waals surface area contributed by atoms with Crippen molar-refractivity contribution in [3.05, 3.63) is 78.2 Å². The molecule has 216 valence electrons. The van der Waals surface area contributed by atoms with E-state index in [1.54, 1.807) is 43.0 Å². The summed E-state index contributed by atoms with van der Waals surface area (Å²) < 4.78 is 9.04. The first-order valence-corrected chi connectivity index (χ1v) is 14.0. The number of fused-ring (bicyclic) bond motifs is 2. The summed E-state index contributed by atoms with van der Waals surface area (Å²) in [5, 5.41) is 8.57. The Hall–Kier alpha value is -4.77. The smallest absolute Gasteiger partial charge is 0.257 e. The lowest BCUT2D eigenvalue weighted by atomic mass is 9.89. The third-order valence-corrected chi connectivity index (χ3v) is 7.90. The molecule has 0 radical (unpaired) electrons. The molecule has 0 bridgehead atoms. The van der Waals surface area contributed by atoms with Crippen molar-refractivity contribution in [1.82, 2.24) is 34.4 Å². The van der Waals surface area contributed by atoms with E-state index in [0.717, 1.165) is 35.2 Å². The second-order valence-corrected chi connectivity index (χ2v) is 10.9. The lowest BCUT2D eigenvalue weighted by Gasteiger charge is -2.35. The minimum absolute atomic E-state index is 0.00961. The fourth-order valence-electron chi connectivity index (χ4n) is 5.35. The SMILES string of the molecule is CO[C@H]1CC[C@@H]1NC(=O)c1cnn2c(N(C)Cc3ccccc3)cc(-c3cn(CC(=O)N(C)C)c4ncccc34)nc12. The standard InChI is InChI=1S/C31H34N8O3/c1-36(2)28(40)19-38-18-23(21-11-8-14-32-29(21)38)25-15-27(37(3)17-20-9-6-5-7-10-20)39-30(34-25)22(16-33-39)31(41)35-24-12-13-26(24)42-4/h5-11,14-16,18,24,26H,12-13,17,19H2,1-4H3,(H,35,41)/t24-,26-/m0/s1. The van der Waals surface area contributed by atoms with Gasteiger partial charge in [-0.3, -0.25) is 9.59 Å². The van der Waals surface area contributed by atoms with Gasteiger partial charge in [0.1, 0.15) is 23.6 Å². The predicted octanol–water partition coefficient (Wildman–Crippen LogP) is 3.38. The normalized spacial score (nSPS) is 16.4. The number of pyridine rings is 1. The molecule has 6 rings (SSSR count). The van der Waals surface area contributed by atoms with E-state index in [-0.39, 0.29) is 30.5 Å². The summed E-state index contributed by atoms with van der Waals surface area (Å²) in [6.07, 6.45) is 6.99. The first kappa shape index (κ1) is 27.4. The van der Waals surface area contributed by atoms with Crippen LogP contribution in [0.5, 0.6) is 0 Å². The molecule has 2 atom stereocenters. The van der Waals surface area contributed by atoms with Crippen molar-refractivity contribution in [3.63, 3.8) is 0 Å². The molecule has 1 aliphatic rings. The molecule has 0 spiro atoms. The van der Waals surface area contributed by atoms with Crippen LogP contribution >= 0.6 is 0 Å². The van der Waals surface area contributed by atoms with Crippen molar-refractivity contribution in [1.29, 1.82) is 0 Å². The summed E-state index contributed by atoms with van der Waals surface area (Å²) >= 11 is 0. The zero-order valence-corrected chi connectivity index (χ0v) is 24.2. The molecule has 11 nitrogen and oxygen atoms in total. The molecule has 1 saturated carbocycles. The highest BCUT2D eigenvalue weighted by atomic mass is 16.5. The van der Waals surface area contributed by atoms with Gasteiger partial charge in [0.05, 0.1) is 24.0 Å². The molecule has 11 heteroatoms. The molecule has 0 saturated heterocycles. The van der Waals surface area contributed by atoms with Crippen molar-refractivity contribution < 1.29 is 14.3 Å². The number of amides is 2. The zero-order valence-electron chi connectivity index (χ0n) is 24.2. The fourth-order valence-corrected chi connectivity index (χ4v) is 5.35. The molecule has 0 unspecified atom stereocenters. The number of nitrogens with one attached hydrogen (secondary N) is 1. The second-order valence-electron chi connectivity index (χ2n) is 10.9. The van der Waals surface area contributed by atoms with E-state index >= 15 is 0 Å². The summed E-state index contributed by atoms with van der Waals surface area (Å²) in [4.78, 5) is 39.3. The number of anilines is 1. The number of rotatable bonds is 9. The first-order valence-electron chi connectivity index (χ1n) is 14.0. The number of methoxy groups -OCH3 is 1. The topological polar surface area (TPSA) is 110 Å². The molecule has 1 aliphatic carbocycles. The van der Waals surface area contributed by atoms with Crippen LogP contribution in [0.15, 0.2) is 67.1 Å². The Labute approximate surface area is 243 Å². The van der Waals surface area contributed by atoms with Crippen LogP contribution in [0.4, 0.5) is 5.82 Å². The number of nitrogens with zero attached hydrogens (tertiary/aromatic N) is 7. The first-order chi connectivity index (χ1) is 20.3. The van der Waals surface area contributed by atoms with Crippen LogP contribution in [0.1, 0.15) is 28.8 Å². The monoisotopic (exact) mass is 566 g/mol. The Balaban J connectivity index is 1.47. The van der Waals surface area contributed by atoms with E-state index in [0.29, 0.717) is 29.1 Å². The molecule has 4 aromatic heterocycles. The minimum atomic E-state index is -0.237. The van der Waals surface area contributed by atoms with Crippen molar-refractivity contribution in [3.8, 4) is 11.3 Å². The van der Waals surface area contributed by atoms with Gasteiger partial charge in [0.15, 0.2) is 5.65 Å². The Morgan fingerprint density at radius 3 is 2.60 bits per heavy atom. The number of ether oxygens (including phenoxy) is 1. The summed E-state index contributed by atoms with van der Waals surface area (Å²) in [5.41, 5.74) is 4.12. The average Bonchev–Trinajstić information content (AvgIpc) is 3.57. The van der Waals surface area contributed by atoms with Crippen molar-refractivity contribution >= 4 is 34.3 Å². The quantitative estimate of drug-likeness (QED) is 0.291. The maximum Gasteiger partial charge on any atom is 0.257 e. The van der Waals surface area contributed by atoms with E-state index in [4.69, 9.17) is 9.72 Å². The predicted molar refractivity (Wildman–Crippen MR) is 160 cm³/mol. The molecule has 4 heterocycles. The van der Waals surface area contributed by atoms with Gasteiger partial charge in [0.2, 0.25) is 5.91 Å². The highest BCUT2D eigenvalue weighted by Crippen LogP contribution is 2.32. The number of carbonyl (C=O) groups is 2. The van der Waals surface area contributed by atoms with Crippen LogP contribution in [0, 0.1) is 0 Å². The van der Waals surface area contributed by atoms with Crippen molar-refractivity contribution in [2.24, 2.45) is 0 Å². The maximum atomic E-state index is 13.5. The molecular formula is C31H34N8O3. The third kappa shape index (κ3) is 5.07. The summed E-state index contributed by atoms with van der Waals surface area (Å²) in [7, 11) is 7.12.